The number of carbonyl (C=O) groups excluding carboxylic acids is 2. The number of hydrogen-bond acceptors (Lipinski definition) is 7. The molecule has 0 bridgehead atoms. The van der Waals surface area contributed by atoms with Crippen molar-refractivity contribution in [1.82, 2.24) is 15.2 Å². The molecule has 0 aliphatic carbocycles. The first-order valence-electron chi connectivity index (χ1n) is 5.97. The molecule has 0 saturated heterocycles. The first-order chi connectivity index (χ1) is 9.42. The summed E-state index contributed by atoms with van der Waals surface area (Å²) >= 11 is 1.14. The van der Waals surface area contributed by atoms with Crippen molar-refractivity contribution in [3.63, 3.8) is 0 Å². The lowest BCUT2D eigenvalue weighted by Crippen LogP contribution is -2.32. The van der Waals surface area contributed by atoms with Crippen molar-refractivity contribution < 1.29 is 14.3 Å². The Morgan fingerprint density at radius 1 is 1.60 bits per heavy atom. The van der Waals surface area contributed by atoms with Gasteiger partial charge in [0.05, 0.1) is 12.8 Å². The van der Waals surface area contributed by atoms with Gasteiger partial charge >= 0.3 is 5.97 Å². The minimum atomic E-state index is -0.400. The Morgan fingerprint density at radius 3 is 2.85 bits per heavy atom. The highest BCUT2D eigenvalue weighted by atomic mass is 32.1. The molecule has 3 N–H and O–H groups in total. The zero-order chi connectivity index (χ0) is 14.9. The van der Waals surface area contributed by atoms with Gasteiger partial charge in [-0.25, -0.2) is 9.78 Å². The van der Waals surface area contributed by atoms with Crippen molar-refractivity contribution in [3.05, 3.63) is 22.5 Å². The van der Waals surface area contributed by atoms with E-state index in [1.165, 1.54) is 7.11 Å². The van der Waals surface area contributed by atoms with E-state index in [1.54, 1.807) is 25.1 Å². The third kappa shape index (κ3) is 2.74. The number of nitrogens with two attached hydrogens (primary N) is 1. The maximum absolute atomic E-state index is 12.1. The van der Waals surface area contributed by atoms with Gasteiger partial charge in [0, 0.05) is 25.4 Å². The van der Waals surface area contributed by atoms with Crippen molar-refractivity contribution in [2.45, 2.75) is 19.4 Å². The van der Waals surface area contributed by atoms with Crippen molar-refractivity contribution in [1.29, 1.82) is 0 Å². The molecule has 7 nitrogen and oxygen atoms in total. The Kier molecular flexibility index (Phi) is 3.93. The molecule has 1 aromatic rings. The second kappa shape index (κ2) is 5.49. The molecule has 1 aliphatic rings. The number of nitrogen functional groups attached to an aromatic ring is 1. The summed E-state index contributed by atoms with van der Waals surface area (Å²) < 4.78 is 4.71. The number of anilines is 1. The first kappa shape index (κ1) is 14.3. The molecule has 108 valence electrons. The first-order valence-corrected chi connectivity index (χ1v) is 6.78. The fourth-order valence-corrected chi connectivity index (χ4v) is 2.77. The van der Waals surface area contributed by atoms with Crippen LogP contribution in [-0.4, -0.2) is 42.0 Å². The van der Waals surface area contributed by atoms with E-state index in [0.29, 0.717) is 27.8 Å². The smallest absolute Gasteiger partial charge is 0.328 e. The molecule has 0 spiro atoms. The maximum Gasteiger partial charge on any atom is 0.328 e. The molecule has 2 rings (SSSR count). The number of aromatic nitrogens is 1. The van der Waals surface area contributed by atoms with E-state index in [1.807, 2.05) is 0 Å². The number of carbonyl (C=O) groups is 2. The highest BCUT2D eigenvalue weighted by Gasteiger charge is 2.30. The Bertz CT molecular complexity index is 581. The minimum Gasteiger partial charge on any atom is -0.467 e. The molecular weight excluding hydrogens is 280 g/mol. The molecule has 0 radical (unpaired) electrons. The predicted octanol–water partition coefficient (Wildman–Crippen LogP) is 0.482. The minimum absolute atomic E-state index is 0.262. The monoisotopic (exact) mass is 296 g/mol. The van der Waals surface area contributed by atoms with E-state index in [0.717, 1.165) is 11.3 Å². The number of hydrogen-bond donors (Lipinski definition) is 2. The maximum atomic E-state index is 12.1. The van der Waals surface area contributed by atoms with E-state index in [2.05, 4.69) is 10.3 Å². The number of thiazole rings is 1. The molecular formula is C12H16N4O3S. The van der Waals surface area contributed by atoms with E-state index < -0.39 is 6.04 Å². The normalized spacial score (nSPS) is 17.9. The van der Waals surface area contributed by atoms with Gasteiger partial charge in [-0.2, -0.15) is 0 Å². The van der Waals surface area contributed by atoms with Crippen LogP contribution in [-0.2, 0) is 9.53 Å². The summed E-state index contributed by atoms with van der Waals surface area (Å²) in [7, 11) is 3.10. The van der Waals surface area contributed by atoms with Crippen LogP contribution in [0.1, 0.15) is 21.8 Å². The number of aryl methyl sites for hydroxylation is 1. The van der Waals surface area contributed by atoms with Crippen LogP contribution in [0.5, 0.6) is 0 Å². The summed E-state index contributed by atoms with van der Waals surface area (Å²) in [6.45, 7) is 1.73. The average molecular weight is 296 g/mol. The summed E-state index contributed by atoms with van der Waals surface area (Å²) in [6.07, 6.45) is 2.13. The number of amides is 1. The predicted molar refractivity (Wildman–Crippen MR) is 75.0 cm³/mol. The van der Waals surface area contributed by atoms with Gasteiger partial charge in [0.25, 0.3) is 5.91 Å². The second-order valence-electron chi connectivity index (χ2n) is 4.48. The number of likely N-dealkylation sites (N-methyl/N-ethyl adjacent to an activating group) is 1. The Hall–Kier alpha value is -2.09. The van der Waals surface area contributed by atoms with Gasteiger partial charge < -0.3 is 20.7 Å². The van der Waals surface area contributed by atoms with E-state index in [-0.39, 0.29) is 11.9 Å². The molecule has 0 saturated carbocycles. The van der Waals surface area contributed by atoms with Crippen LogP contribution in [0.4, 0.5) is 5.13 Å². The lowest BCUT2D eigenvalue weighted by atomic mass is 10.2. The van der Waals surface area contributed by atoms with Gasteiger partial charge in [-0.3, -0.25) is 4.79 Å². The molecule has 8 heteroatoms. The molecule has 1 unspecified atom stereocenters. The third-order valence-corrected chi connectivity index (χ3v) is 4.02. The van der Waals surface area contributed by atoms with Crippen molar-refractivity contribution >= 4 is 28.3 Å². The number of esters is 1. The van der Waals surface area contributed by atoms with Gasteiger partial charge in [0.15, 0.2) is 5.13 Å². The quantitative estimate of drug-likeness (QED) is 0.787. The highest BCUT2D eigenvalue weighted by Crippen LogP contribution is 2.22. The van der Waals surface area contributed by atoms with E-state index >= 15 is 0 Å². The van der Waals surface area contributed by atoms with Crippen LogP contribution in [0.25, 0.3) is 0 Å². The third-order valence-electron chi connectivity index (χ3n) is 3.03. The number of ether oxygens (including phenoxy) is 1. The molecule has 2 heterocycles. The lowest BCUT2D eigenvalue weighted by molar-refractivity contribution is -0.145. The molecule has 1 atom stereocenters. The standard InChI is InChI=1S/C12H16N4O3S/c1-6-9(20-12(13)14-6)10(17)15-7-4-8(11(18)19-3)16(2)5-7/h5,8H,4H2,1-3H3,(H2,13,14)(H,15,17). The topological polar surface area (TPSA) is 97.5 Å². The molecule has 1 aromatic heterocycles. The summed E-state index contributed by atoms with van der Waals surface area (Å²) in [4.78, 5) is 29.9. The van der Waals surface area contributed by atoms with Gasteiger partial charge in [-0.05, 0) is 6.92 Å². The van der Waals surface area contributed by atoms with Gasteiger partial charge in [-0.1, -0.05) is 11.3 Å². The largest absolute Gasteiger partial charge is 0.467 e. The number of rotatable bonds is 3. The number of nitrogens with one attached hydrogen (secondary N) is 1. The zero-order valence-corrected chi connectivity index (χ0v) is 12.3. The van der Waals surface area contributed by atoms with Crippen molar-refractivity contribution in [2.24, 2.45) is 0 Å². The van der Waals surface area contributed by atoms with E-state index in [9.17, 15) is 9.59 Å². The van der Waals surface area contributed by atoms with Crippen LogP contribution in [0.2, 0.25) is 0 Å². The molecule has 1 amide bonds. The molecule has 1 aliphatic heterocycles. The van der Waals surface area contributed by atoms with Crippen LogP contribution in [0, 0.1) is 6.92 Å². The van der Waals surface area contributed by atoms with Crippen molar-refractivity contribution in [3.8, 4) is 0 Å². The summed E-state index contributed by atoms with van der Waals surface area (Å²) in [5.41, 5.74) is 6.84. The number of methoxy groups -OCH3 is 1. The fourth-order valence-electron chi connectivity index (χ4n) is 2.04. The SMILES string of the molecule is COC(=O)C1CC(NC(=O)c2sc(N)nc2C)=CN1C. The number of nitrogens with zero attached hydrogens (tertiary/aromatic N) is 2. The molecule has 0 fully saturated rings. The Balaban J connectivity index is 2.05. The highest BCUT2D eigenvalue weighted by molar-refractivity contribution is 7.17. The van der Waals surface area contributed by atoms with Crippen LogP contribution < -0.4 is 11.1 Å². The van der Waals surface area contributed by atoms with Gasteiger partial charge in [0.1, 0.15) is 10.9 Å². The zero-order valence-electron chi connectivity index (χ0n) is 11.5. The fraction of sp³-hybridized carbons (Fsp3) is 0.417. The summed E-state index contributed by atoms with van der Waals surface area (Å²) in [5, 5.41) is 3.14. The summed E-state index contributed by atoms with van der Waals surface area (Å²) in [5.74, 6) is -0.590. The molecule has 0 aromatic carbocycles. The van der Waals surface area contributed by atoms with Crippen LogP contribution >= 0.6 is 11.3 Å². The average Bonchev–Trinajstić information content (AvgIpc) is 2.91. The van der Waals surface area contributed by atoms with Crippen LogP contribution in [0.3, 0.4) is 0 Å². The van der Waals surface area contributed by atoms with Crippen molar-refractivity contribution in [2.75, 3.05) is 19.9 Å². The van der Waals surface area contributed by atoms with E-state index in [4.69, 9.17) is 10.5 Å². The van der Waals surface area contributed by atoms with Gasteiger partial charge in [0.2, 0.25) is 0 Å². The van der Waals surface area contributed by atoms with Gasteiger partial charge in [-0.15, -0.1) is 0 Å². The summed E-state index contributed by atoms with van der Waals surface area (Å²) in [6, 6.07) is -0.400. The van der Waals surface area contributed by atoms with Crippen LogP contribution in [0.15, 0.2) is 11.9 Å². The second-order valence-corrected chi connectivity index (χ2v) is 5.51. The Morgan fingerprint density at radius 2 is 2.30 bits per heavy atom. The lowest BCUT2D eigenvalue weighted by Gasteiger charge is -2.17. The molecule has 20 heavy (non-hydrogen) atoms. The Labute approximate surface area is 120 Å².